The van der Waals surface area contributed by atoms with Crippen molar-refractivity contribution in [1.29, 1.82) is 0 Å². The number of hydrogen-bond donors (Lipinski definition) is 0. The molecule has 1 aromatic carbocycles. The highest BCUT2D eigenvalue weighted by atomic mass is 31.2. The number of nitrogens with zero attached hydrogens (tertiary/aromatic N) is 1. The summed E-state index contributed by atoms with van der Waals surface area (Å²) in [4.78, 5) is 4.62. The fourth-order valence-electron chi connectivity index (χ4n) is 2.39. The van der Waals surface area contributed by atoms with E-state index < -0.39 is 7.14 Å². The number of pyridine rings is 1. The Morgan fingerprint density at radius 1 is 1.06 bits per heavy atom. The van der Waals surface area contributed by atoms with Gasteiger partial charge < -0.3 is 4.57 Å². The first-order valence-corrected chi connectivity index (χ1v) is 9.04. The third-order valence-corrected chi connectivity index (χ3v) is 4.87. The molecule has 0 aliphatic heterocycles. The highest BCUT2D eigenvalue weighted by Gasteiger charge is 2.19. The van der Waals surface area contributed by atoms with E-state index in [-0.39, 0.29) is 0 Å². The molecule has 2 aromatic rings. The minimum atomic E-state index is -2.28. The van der Waals surface area contributed by atoms with Crippen LogP contribution in [-0.2, 0) is 17.4 Å². The van der Waals surface area contributed by atoms with Gasteiger partial charge in [0.2, 0.25) is 0 Å². The second kappa shape index (κ2) is 4.85. The normalized spacial score (nSPS) is 12.0. The fraction of sp³-hybridized carbons (Fsp3) is 0.400. The Labute approximate surface area is 109 Å². The lowest BCUT2D eigenvalue weighted by Gasteiger charge is -2.15. The fourth-order valence-corrected chi connectivity index (χ4v) is 4.09. The van der Waals surface area contributed by atoms with E-state index in [9.17, 15) is 4.57 Å². The average Bonchev–Trinajstić information content (AvgIpc) is 2.35. The lowest BCUT2D eigenvalue weighted by Crippen LogP contribution is -2.12. The summed E-state index contributed by atoms with van der Waals surface area (Å²) < 4.78 is 12.5. The zero-order valence-electron chi connectivity index (χ0n) is 11.5. The van der Waals surface area contributed by atoms with Crippen molar-refractivity contribution in [2.45, 2.75) is 26.7 Å². The van der Waals surface area contributed by atoms with Gasteiger partial charge in [-0.1, -0.05) is 26.0 Å². The van der Waals surface area contributed by atoms with E-state index in [2.05, 4.69) is 31.0 Å². The van der Waals surface area contributed by atoms with Crippen LogP contribution in [0.3, 0.4) is 0 Å². The van der Waals surface area contributed by atoms with E-state index in [1.807, 2.05) is 25.5 Å². The third-order valence-electron chi connectivity index (χ3n) is 3.27. The average molecular weight is 261 g/mol. The highest BCUT2D eigenvalue weighted by molar-refractivity contribution is 7.70. The van der Waals surface area contributed by atoms with Crippen molar-refractivity contribution >= 4 is 23.3 Å². The first-order valence-electron chi connectivity index (χ1n) is 6.44. The molecule has 0 bridgehead atoms. The topological polar surface area (TPSA) is 30.0 Å². The maximum absolute atomic E-state index is 12.5. The molecule has 0 N–H and O–H groups in total. The van der Waals surface area contributed by atoms with Crippen LogP contribution in [0.25, 0.3) is 10.9 Å². The Morgan fingerprint density at radius 3 is 2.33 bits per heavy atom. The van der Waals surface area contributed by atoms with Gasteiger partial charge in [0.15, 0.2) is 0 Å². The summed E-state index contributed by atoms with van der Waals surface area (Å²) in [7, 11) is -2.28. The Morgan fingerprint density at radius 2 is 1.78 bits per heavy atom. The monoisotopic (exact) mass is 261 g/mol. The van der Waals surface area contributed by atoms with E-state index in [1.165, 1.54) is 5.56 Å². The Balaban J connectivity index is 2.82. The van der Waals surface area contributed by atoms with Gasteiger partial charge in [0.05, 0.1) is 5.52 Å². The van der Waals surface area contributed by atoms with Crippen LogP contribution >= 0.6 is 7.14 Å². The van der Waals surface area contributed by atoms with Gasteiger partial charge in [0, 0.05) is 16.4 Å². The molecule has 0 amide bonds. The molecule has 0 saturated heterocycles. The van der Waals surface area contributed by atoms with Gasteiger partial charge in [-0.2, -0.15) is 0 Å². The molecule has 0 radical (unpaired) electrons. The minimum Gasteiger partial charge on any atom is -0.319 e. The molecule has 0 aliphatic rings. The van der Waals surface area contributed by atoms with Crippen molar-refractivity contribution in [3.05, 3.63) is 35.5 Å². The minimum absolute atomic E-state index is 0.909. The number of aromatic nitrogens is 1. The molecule has 0 aliphatic carbocycles. The summed E-state index contributed by atoms with van der Waals surface area (Å²) in [5.74, 6) is 0. The number of aryl methyl sites for hydroxylation is 2. The molecule has 96 valence electrons. The van der Waals surface area contributed by atoms with Gasteiger partial charge in [-0.05, 0) is 43.9 Å². The van der Waals surface area contributed by atoms with Crippen LogP contribution in [-0.4, -0.2) is 18.3 Å². The van der Waals surface area contributed by atoms with Crippen LogP contribution in [0.5, 0.6) is 0 Å². The summed E-state index contributed by atoms with van der Waals surface area (Å²) in [6, 6.07) is 8.24. The van der Waals surface area contributed by atoms with E-state index in [1.54, 1.807) is 0 Å². The SMILES string of the molecule is CCc1ccc2c(P(C)(C)=O)c(CC)ccc2n1. The second-order valence-electron chi connectivity index (χ2n) is 5.00. The molecular weight excluding hydrogens is 241 g/mol. The molecule has 0 spiro atoms. The first kappa shape index (κ1) is 13.3. The third kappa shape index (κ3) is 2.35. The predicted molar refractivity (Wildman–Crippen MR) is 79.6 cm³/mol. The molecule has 0 fully saturated rings. The molecule has 0 atom stereocenters. The van der Waals surface area contributed by atoms with E-state index >= 15 is 0 Å². The molecule has 1 aromatic heterocycles. The molecule has 18 heavy (non-hydrogen) atoms. The molecule has 1 heterocycles. The lowest BCUT2D eigenvalue weighted by molar-refractivity contribution is 0.588. The molecule has 3 heteroatoms. The van der Waals surface area contributed by atoms with Gasteiger partial charge in [-0.3, -0.25) is 4.98 Å². The van der Waals surface area contributed by atoms with Gasteiger partial charge in [-0.15, -0.1) is 0 Å². The number of benzene rings is 1. The summed E-state index contributed by atoms with van der Waals surface area (Å²) in [5, 5.41) is 2.07. The van der Waals surface area contributed by atoms with Gasteiger partial charge in [0.25, 0.3) is 0 Å². The van der Waals surface area contributed by atoms with Crippen LogP contribution < -0.4 is 5.30 Å². The lowest BCUT2D eigenvalue weighted by atomic mass is 10.1. The van der Waals surface area contributed by atoms with Crippen LogP contribution in [0, 0.1) is 0 Å². The van der Waals surface area contributed by atoms with E-state index in [0.717, 1.165) is 34.7 Å². The summed E-state index contributed by atoms with van der Waals surface area (Å²) in [6.07, 6.45) is 1.84. The van der Waals surface area contributed by atoms with Crippen LogP contribution in [0.15, 0.2) is 24.3 Å². The van der Waals surface area contributed by atoms with Crippen molar-refractivity contribution in [3.63, 3.8) is 0 Å². The summed E-state index contributed by atoms with van der Waals surface area (Å²) in [5.41, 5.74) is 3.23. The van der Waals surface area contributed by atoms with Crippen LogP contribution in [0.1, 0.15) is 25.1 Å². The van der Waals surface area contributed by atoms with Crippen LogP contribution in [0.4, 0.5) is 0 Å². The maximum Gasteiger partial charge on any atom is 0.110 e. The zero-order chi connectivity index (χ0) is 13.3. The molecule has 2 nitrogen and oxygen atoms in total. The Kier molecular flexibility index (Phi) is 3.59. The second-order valence-corrected chi connectivity index (χ2v) is 8.15. The quantitative estimate of drug-likeness (QED) is 0.790. The van der Waals surface area contributed by atoms with Crippen molar-refractivity contribution in [2.75, 3.05) is 13.3 Å². The van der Waals surface area contributed by atoms with Crippen molar-refractivity contribution < 1.29 is 4.57 Å². The number of fused-ring (bicyclic) bond motifs is 1. The molecule has 0 unspecified atom stereocenters. The van der Waals surface area contributed by atoms with Crippen molar-refractivity contribution in [1.82, 2.24) is 4.98 Å². The smallest absolute Gasteiger partial charge is 0.110 e. The van der Waals surface area contributed by atoms with Gasteiger partial charge in [0.1, 0.15) is 7.14 Å². The van der Waals surface area contributed by atoms with E-state index in [0.29, 0.717) is 0 Å². The van der Waals surface area contributed by atoms with Crippen LogP contribution in [0.2, 0.25) is 0 Å². The predicted octanol–water partition coefficient (Wildman–Crippen LogP) is 3.61. The summed E-state index contributed by atoms with van der Waals surface area (Å²) in [6.45, 7) is 7.89. The van der Waals surface area contributed by atoms with Crippen molar-refractivity contribution in [3.8, 4) is 0 Å². The standard InChI is InChI=1S/C15H20NOP/c1-5-11-7-10-14-13(15(11)18(3,4)17)9-8-12(6-2)16-14/h7-10H,5-6H2,1-4H3. The zero-order valence-corrected chi connectivity index (χ0v) is 12.4. The Hall–Kier alpha value is -1.14. The van der Waals surface area contributed by atoms with Gasteiger partial charge >= 0.3 is 0 Å². The Bertz CT molecular complexity index is 628. The van der Waals surface area contributed by atoms with Gasteiger partial charge in [-0.25, -0.2) is 0 Å². The first-order chi connectivity index (χ1) is 8.47. The highest BCUT2D eigenvalue weighted by Crippen LogP contribution is 2.39. The summed E-state index contributed by atoms with van der Waals surface area (Å²) >= 11 is 0. The molecule has 0 saturated carbocycles. The molecule has 2 rings (SSSR count). The molecular formula is C15H20NOP. The number of rotatable bonds is 3. The number of hydrogen-bond acceptors (Lipinski definition) is 2. The van der Waals surface area contributed by atoms with Crippen molar-refractivity contribution in [2.24, 2.45) is 0 Å². The van der Waals surface area contributed by atoms with E-state index in [4.69, 9.17) is 0 Å². The largest absolute Gasteiger partial charge is 0.319 e. The maximum atomic E-state index is 12.5.